The molecule has 10 heteroatoms. The zero-order valence-electron chi connectivity index (χ0n) is 23.9. The van der Waals surface area contributed by atoms with Gasteiger partial charge in [0.25, 0.3) is 0 Å². The minimum atomic E-state index is -1.14. The SMILES string of the molecule is CCOCCCN(C(=O)CC1CC2CCC1C2)C1C=C(C(=O)NCCO)C2c3cc(C=O)cc(OC)c3OC2C1O. The first-order chi connectivity index (χ1) is 19.9. The number of carbonyl (C=O) groups is 3. The van der Waals surface area contributed by atoms with Crippen LogP contribution in [0.2, 0.25) is 0 Å². The highest BCUT2D eigenvalue weighted by molar-refractivity contribution is 5.96. The van der Waals surface area contributed by atoms with E-state index in [1.54, 1.807) is 23.1 Å². The number of nitrogens with one attached hydrogen (secondary N) is 1. The number of benzene rings is 1. The molecule has 224 valence electrons. The maximum absolute atomic E-state index is 13.9. The van der Waals surface area contributed by atoms with E-state index in [0.717, 1.165) is 6.42 Å². The predicted molar refractivity (Wildman–Crippen MR) is 150 cm³/mol. The maximum Gasteiger partial charge on any atom is 0.247 e. The van der Waals surface area contributed by atoms with Crippen molar-refractivity contribution in [2.45, 2.75) is 69.6 Å². The first-order valence-electron chi connectivity index (χ1n) is 14.9. The zero-order valence-corrected chi connectivity index (χ0v) is 23.9. The molecule has 0 spiro atoms. The van der Waals surface area contributed by atoms with Crippen LogP contribution in [-0.4, -0.2) is 91.5 Å². The molecule has 2 amide bonds. The zero-order chi connectivity index (χ0) is 29.1. The largest absolute Gasteiger partial charge is 0.493 e. The van der Waals surface area contributed by atoms with Crippen molar-refractivity contribution in [1.29, 1.82) is 0 Å². The molecular weight excluding hydrogens is 528 g/mol. The summed E-state index contributed by atoms with van der Waals surface area (Å²) in [6.07, 6.45) is 6.06. The van der Waals surface area contributed by atoms with Gasteiger partial charge >= 0.3 is 0 Å². The first-order valence-corrected chi connectivity index (χ1v) is 14.9. The average Bonchev–Trinajstić information content (AvgIpc) is 3.71. The van der Waals surface area contributed by atoms with Gasteiger partial charge in [0.1, 0.15) is 18.5 Å². The normalized spacial score (nSPS) is 29.3. The fraction of sp³-hybridized carbons (Fsp3) is 0.645. The molecule has 7 atom stereocenters. The van der Waals surface area contributed by atoms with Crippen LogP contribution >= 0.6 is 0 Å². The molecule has 3 N–H and O–H groups in total. The Morgan fingerprint density at radius 1 is 1.24 bits per heavy atom. The number of aliphatic hydroxyl groups excluding tert-OH is 2. The first kappa shape index (κ1) is 29.5. The number of amides is 2. The lowest BCUT2D eigenvalue weighted by Gasteiger charge is -2.41. The van der Waals surface area contributed by atoms with E-state index in [4.69, 9.17) is 14.2 Å². The lowest BCUT2D eigenvalue weighted by Crippen LogP contribution is -2.56. The van der Waals surface area contributed by atoms with E-state index >= 15 is 0 Å². The summed E-state index contributed by atoms with van der Waals surface area (Å²) in [4.78, 5) is 40.8. The molecule has 2 fully saturated rings. The topological polar surface area (TPSA) is 135 Å². The molecule has 41 heavy (non-hydrogen) atoms. The molecule has 3 aliphatic carbocycles. The minimum absolute atomic E-state index is 0.0377. The predicted octanol–water partition coefficient (Wildman–Crippen LogP) is 2.21. The molecule has 7 unspecified atom stereocenters. The van der Waals surface area contributed by atoms with Crippen LogP contribution in [0.3, 0.4) is 0 Å². The maximum atomic E-state index is 13.9. The summed E-state index contributed by atoms with van der Waals surface area (Å²) in [5, 5.41) is 23.9. The third-order valence-corrected chi connectivity index (χ3v) is 9.30. The summed E-state index contributed by atoms with van der Waals surface area (Å²) in [6.45, 7) is 3.15. The van der Waals surface area contributed by atoms with Crippen molar-refractivity contribution in [1.82, 2.24) is 10.2 Å². The Labute approximate surface area is 241 Å². The highest BCUT2D eigenvalue weighted by Gasteiger charge is 2.52. The quantitative estimate of drug-likeness (QED) is 0.243. The molecule has 10 nitrogen and oxygen atoms in total. The Morgan fingerprint density at radius 3 is 2.73 bits per heavy atom. The standard InChI is InChI=1S/C31H42N2O8/c1-3-40-10-4-8-33(26(36)15-21-12-18-5-6-20(21)11-18)24-16-23(31(38)32-7-9-34)27-22-13-19(17-35)14-25(39-2)29(22)41-30(27)28(24)37/h13-14,16-18,20-21,24,27-28,30,34,37H,3-12,15H2,1-2H3,(H,32,38). The Morgan fingerprint density at radius 2 is 2.07 bits per heavy atom. The van der Waals surface area contributed by atoms with Gasteiger partial charge in [-0.25, -0.2) is 0 Å². The highest BCUT2D eigenvalue weighted by Crippen LogP contribution is 2.52. The number of aliphatic hydroxyl groups is 2. The number of methoxy groups -OCH3 is 1. The van der Waals surface area contributed by atoms with Gasteiger partial charge in [0.15, 0.2) is 11.5 Å². The Kier molecular flexibility index (Phi) is 9.31. The van der Waals surface area contributed by atoms with Crippen LogP contribution < -0.4 is 14.8 Å². The second-order valence-electron chi connectivity index (χ2n) is 11.7. The second kappa shape index (κ2) is 12.9. The number of nitrogens with zero attached hydrogens (tertiary/aromatic N) is 1. The van der Waals surface area contributed by atoms with E-state index in [1.807, 2.05) is 6.92 Å². The van der Waals surface area contributed by atoms with Crippen LogP contribution in [0.1, 0.15) is 67.3 Å². The summed E-state index contributed by atoms with van der Waals surface area (Å²) in [5.41, 5.74) is 1.25. The van der Waals surface area contributed by atoms with Crippen molar-refractivity contribution in [3.8, 4) is 11.5 Å². The molecule has 5 rings (SSSR count). The van der Waals surface area contributed by atoms with Gasteiger partial charge in [-0.05, 0) is 68.6 Å². The molecule has 2 bridgehead atoms. The van der Waals surface area contributed by atoms with Gasteiger partial charge in [-0.3, -0.25) is 14.4 Å². The monoisotopic (exact) mass is 570 g/mol. The molecule has 0 saturated heterocycles. The fourth-order valence-electron chi connectivity index (χ4n) is 7.45. The van der Waals surface area contributed by atoms with Gasteiger partial charge in [-0.15, -0.1) is 0 Å². The summed E-state index contributed by atoms with van der Waals surface area (Å²) in [7, 11) is 1.47. The van der Waals surface area contributed by atoms with E-state index in [-0.39, 0.29) is 19.1 Å². The van der Waals surface area contributed by atoms with Crippen molar-refractivity contribution in [3.63, 3.8) is 0 Å². The molecule has 2 saturated carbocycles. The van der Waals surface area contributed by atoms with Gasteiger partial charge in [-0.1, -0.05) is 6.42 Å². The number of carbonyl (C=O) groups excluding carboxylic acids is 3. The van der Waals surface area contributed by atoms with E-state index < -0.39 is 30.1 Å². The lowest BCUT2D eigenvalue weighted by atomic mass is 9.77. The molecular formula is C31H42N2O8. The molecule has 0 aromatic heterocycles. The van der Waals surface area contributed by atoms with Gasteiger partial charge in [0.2, 0.25) is 11.8 Å². The number of hydrogen-bond donors (Lipinski definition) is 3. The number of hydrogen-bond acceptors (Lipinski definition) is 8. The molecule has 1 aromatic carbocycles. The van der Waals surface area contributed by atoms with Crippen molar-refractivity contribution in [2.75, 3.05) is 40.0 Å². The van der Waals surface area contributed by atoms with Crippen molar-refractivity contribution < 1.29 is 38.8 Å². The minimum Gasteiger partial charge on any atom is -0.493 e. The van der Waals surface area contributed by atoms with Crippen LogP contribution in [0.15, 0.2) is 23.8 Å². The third-order valence-electron chi connectivity index (χ3n) is 9.30. The van der Waals surface area contributed by atoms with Crippen LogP contribution in [0.5, 0.6) is 11.5 Å². The molecule has 1 aliphatic heterocycles. The molecule has 1 aromatic rings. The summed E-state index contributed by atoms with van der Waals surface area (Å²) < 4.78 is 17.3. The summed E-state index contributed by atoms with van der Waals surface area (Å²) in [5.74, 6) is 1.19. The van der Waals surface area contributed by atoms with E-state index in [0.29, 0.717) is 84.8 Å². The average molecular weight is 571 g/mol. The van der Waals surface area contributed by atoms with Gasteiger partial charge in [0, 0.05) is 49.4 Å². The second-order valence-corrected chi connectivity index (χ2v) is 11.7. The van der Waals surface area contributed by atoms with Crippen LogP contribution in [-0.2, 0) is 14.3 Å². The van der Waals surface area contributed by atoms with Crippen LogP contribution in [0.25, 0.3) is 0 Å². The van der Waals surface area contributed by atoms with Crippen molar-refractivity contribution in [3.05, 3.63) is 34.9 Å². The molecule has 4 aliphatic rings. The Balaban J connectivity index is 1.49. The van der Waals surface area contributed by atoms with Gasteiger partial charge < -0.3 is 34.6 Å². The van der Waals surface area contributed by atoms with Gasteiger partial charge in [-0.2, -0.15) is 0 Å². The highest BCUT2D eigenvalue weighted by atomic mass is 16.5. The number of ether oxygens (including phenoxy) is 3. The van der Waals surface area contributed by atoms with E-state index in [9.17, 15) is 24.6 Å². The molecule has 1 heterocycles. The number of aldehydes is 1. The van der Waals surface area contributed by atoms with Gasteiger partial charge in [0.05, 0.1) is 25.7 Å². The molecule has 0 radical (unpaired) electrons. The van der Waals surface area contributed by atoms with Crippen molar-refractivity contribution >= 4 is 18.1 Å². The number of fused-ring (bicyclic) bond motifs is 5. The number of rotatable bonds is 13. The van der Waals surface area contributed by atoms with E-state index in [2.05, 4.69) is 5.32 Å². The fourth-order valence-corrected chi connectivity index (χ4v) is 7.45. The van der Waals surface area contributed by atoms with Crippen molar-refractivity contribution in [2.24, 2.45) is 17.8 Å². The summed E-state index contributed by atoms with van der Waals surface area (Å²) >= 11 is 0. The smallest absolute Gasteiger partial charge is 0.247 e. The Hall–Kier alpha value is -2.95. The van der Waals surface area contributed by atoms with E-state index in [1.165, 1.54) is 26.4 Å². The third kappa shape index (κ3) is 5.87. The Bertz CT molecular complexity index is 1170. The summed E-state index contributed by atoms with van der Waals surface area (Å²) in [6, 6.07) is 2.40. The van der Waals surface area contributed by atoms with Crippen LogP contribution in [0.4, 0.5) is 0 Å². The van der Waals surface area contributed by atoms with Crippen LogP contribution in [0, 0.1) is 17.8 Å². The lowest BCUT2D eigenvalue weighted by molar-refractivity contribution is -0.138.